The number of fused-ring (bicyclic) bond motifs is 1. The lowest BCUT2D eigenvalue weighted by molar-refractivity contribution is 0.415. The Labute approximate surface area is 131 Å². The van der Waals surface area contributed by atoms with E-state index in [1.165, 1.54) is 0 Å². The van der Waals surface area contributed by atoms with Gasteiger partial charge in [-0.2, -0.15) is 0 Å². The van der Waals surface area contributed by atoms with Crippen LogP contribution in [0.15, 0.2) is 40.9 Å². The smallest absolute Gasteiger partial charge is 0.142 e. The second kappa shape index (κ2) is 5.50. The van der Waals surface area contributed by atoms with Gasteiger partial charge in [-0.3, -0.25) is 0 Å². The van der Waals surface area contributed by atoms with Gasteiger partial charge in [0.25, 0.3) is 0 Å². The second-order valence-corrected chi connectivity index (χ2v) is 5.68. The topological polar surface area (TPSA) is 53.1 Å². The van der Waals surface area contributed by atoms with Crippen molar-refractivity contribution in [3.63, 3.8) is 0 Å². The Hall–Kier alpha value is -1.85. The number of nitrogens with two attached hydrogens (primary N) is 1. The highest BCUT2D eigenvalue weighted by atomic mass is 79.9. The first kappa shape index (κ1) is 14.1. The van der Waals surface area contributed by atoms with Gasteiger partial charge in [-0.25, -0.2) is 4.98 Å². The number of para-hydroxylation sites is 1. The predicted octanol–water partition coefficient (Wildman–Crippen LogP) is 3.47. The van der Waals surface area contributed by atoms with E-state index in [-0.39, 0.29) is 0 Å². The van der Waals surface area contributed by atoms with Gasteiger partial charge in [0.1, 0.15) is 11.6 Å². The molecule has 0 atom stereocenters. The summed E-state index contributed by atoms with van der Waals surface area (Å²) in [5.41, 5.74) is 9.88. The van der Waals surface area contributed by atoms with Crippen LogP contribution in [0.4, 0.5) is 0 Å². The number of rotatable bonds is 3. The Morgan fingerprint density at radius 3 is 2.81 bits per heavy atom. The minimum absolute atomic E-state index is 0.479. The van der Waals surface area contributed by atoms with Gasteiger partial charge in [0.15, 0.2) is 0 Å². The van der Waals surface area contributed by atoms with Gasteiger partial charge in [0.2, 0.25) is 0 Å². The van der Waals surface area contributed by atoms with Crippen LogP contribution in [0.3, 0.4) is 0 Å². The number of aromatic nitrogens is 2. The minimum Gasteiger partial charge on any atom is -0.497 e. The molecule has 0 saturated heterocycles. The molecule has 3 rings (SSSR count). The molecule has 0 aliphatic rings. The van der Waals surface area contributed by atoms with Crippen LogP contribution in [0.2, 0.25) is 0 Å². The number of methoxy groups -OCH3 is 1. The first-order valence-corrected chi connectivity index (χ1v) is 7.43. The van der Waals surface area contributed by atoms with Crippen molar-refractivity contribution in [3.8, 4) is 17.1 Å². The minimum atomic E-state index is 0.479. The third kappa shape index (κ3) is 2.32. The summed E-state index contributed by atoms with van der Waals surface area (Å²) >= 11 is 3.59. The van der Waals surface area contributed by atoms with Crippen molar-refractivity contribution in [2.24, 2.45) is 12.8 Å². The molecular weight excluding hydrogens is 330 g/mol. The summed E-state index contributed by atoms with van der Waals surface area (Å²) in [5.74, 6) is 1.69. The van der Waals surface area contributed by atoms with E-state index in [0.29, 0.717) is 6.54 Å². The van der Waals surface area contributed by atoms with Gasteiger partial charge in [-0.05, 0) is 29.8 Å². The molecule has 1 heterocycles. The van der Waals surface area contributed by atoms with Crippen molar-refractivity contribution in [2.45, 2.75) is 6.54 Å². The number of benzene rings is 2. The maximum Gasteiger partial charge on any atom is 0.142 e. The van der Waals surface area contributed by atoms with Crippen LogP contribution in [0.1, 0.15) is 5.56 Å². The lowest BCUT2D eigenvalue weighted by Crippen LogP contribution is -1.97. The molecule has 0 radical (unpaired) electrons. The largest absolute Gasteiger partial charge is 0.497 e. The van der Waals surface area contributed by atoms with Crippen LogP contribution in [0.5, 0.6) is 5.75 Å². The van der Waals surface area contributed by atoms with Crippen molar-refractivity contribution in [2.75, 3.05) is 7.11 Å². The molecule has 5 heteroatoms. The Bertz CT molecular complexity index is 811. The van der Waals surface area contributed by atoms with Crippen molar-refractivity contribution < 1.29 is 4.74 Å². The highest BCUT2D eigenvalue weighted by Gasteiger charge is 2.15. The van der Waals surface area contributed by atoms with Crippen LogP contribution in [0.25, 0.3) is 22.4 Å². The summed E-state index contributed by atoms with van der Waals surface area (Å²) in [7, 11) is 3.67. The fourth-order valence-corrected chi connectivity index (χ4v) is 2.90. The first-order valence-electron chi connectivity index (χ1n) is 6.64. The Morgan fingerprint density at radius 1 is 1.29 bits per heavy atom. The third-order valence-electron chi connectivity index (χ3n) is 3.63. The summed E-state index contributed by atoms with van der Waals surface area (Å²) in [5, 5.41) is 0. The number of imidazole rings is 1. The summed E-state index contributed by atoms with van der Waals surface area (Å²) in [6.45, 7) is 0.479. The standard InChI is InChI=1S/C16H16BrN3O/c1-20-14-5-3-4-10(9-18)15(14)19-16(20)12-8-11(21-2)6-7-13(12)17/h3-8H,9,18H2,1-2H3. The molecule has 0 aliphatic carbocycles. The van der Waals surface area contributed by atoms with Crippen molar-refractivity contribution in [3.05, 3.63) is 46.4 Å². The zero-order chi connectivity index (χ0) is 15.0. The zero-order valence-electron chi connectivity index (χ0n) is 11.9. The number of aryl methyl sites for hydroxylation is 1. The number of hydrogen-bond acceptors (Lipinski definition) is 3. The summed E-state index contributed by atoms with van der Waals surface area (Å²) in [6.07, 6.45) is 0. The molecule has 108 valence electrons. The first-order chi connectivity index (χ1) is 10.2. The molecule has 0 saturated carbocycles. The average Bonchev–Trinajstić information content (AvgIpc) is 2.85. The maximum absolute atomic E-state index is 5.81. The second-order valence-electron chi connectivity index (χ2n) is 4.83. The summed E-state index contributed by atoms with van der Waals surface area (Å²) < 4.78 is 8.37. The molecule has 21 heavy (non-hydrogen) atoms. The van der Waals surface area contributed by atoms with Crippen LogP contribution >= 0.6 is 15.9 Å². The predicted molar refractivity (Wildman–Crippen MR) is 88.3 cm³/mol. The molecule has 0 spiro atoms. The van der Waals surface area contributed by atoms with Crippen molar-refractivity contribution in [1.29, 1.82) is 0 Å². The monoisotopic (exact) mass is 345 g/mol. The average molecular weight is 346 g/mol. The molecule has 4 nitrogen and oxygen atoms in total. The fourth-order valence-electron chi connectivity index (χ4n) is 2.48. The maximum atomic E-state index is 5.81. The summed E-state index contributed by atoms with van der Waals surface area (Å²) in [4.78, 5) is 4.79. The third-order valence-corrected chi connectivity index (χ3v) is 4.32. The SMILES string of the molecule is COc1ccc(Br)c(-c2nc3c(CN)cccc3n2C)c1. The van der Waals surface area contributed by atoms with Crippen LogP contribution in [-0.4, -0.2) is 16.7 Å². The molecule has 2 N–H and O–H groups in total. The molecular formula is C16H16BrN3O. The molecule has 0 amide bonds. The van der Waals surface area contributed by atoms with E-state index in [9.17, 15) is 0 Å². The van der Waals surface area contributed by atoms with Crippen LogP contribution < -0.4 is 10.5 Å². The van der Waals surface area contributed by atoms with E-state index in [1.807, 2.05) is 37.4 Å². The molecule has 0 fully saturated rings. The fraction of sp³-hybridized carbons (Fsp3) is 0.188. The van der Waals surface area contributed by atoms with Crippen molar-refractivity contribution in [1.82, 2.24) is 9.55 Å². The van der Waals surface area contributed by atoms with E-state index in [0.717, 1.165) is 38.2 Å². The Balaban J connectivity index is 2.28. The van der Waals surface area contributed by atoms with E-state index in [2.05, 4.69) is 26.6 Å². The number of nitrogens with zero attached hydrogens (tertiary/aromatic N) is 2. The van der Waals surface area contributed by atoms with Gasteiger partial charge >= 0.3 is 0 Å². The Kier molecular flexibility index (Phi) is 3.69. The normalized spacial score (nSPS) is 11.0. The molecule has 0 unspecified atom stereocenters. The molecule has 1 aromatic heterocycles. The molecule has 0 bridgehead atoms. The summed E-state index contributed by atoms with van der Waals surface area (Å²) in [6, 6.07) is 11.9. The van der Waals surface area contributed by atoms with E-state index >= 15 is 0 Å². The van der Waals surface area contributed by atoms with E-state index in [1.54, 1.807) is 7.11 Å². The highest BCUT2D eigenvalue weighted by Crippen LogP contribution is 2.33. The number of halogens is 1. The number of ether oxygens (including phenoxy) is 1. The number of hydrogen-bond donors (Lipinski definition) is 1. The molecule has 3 aromatic rings. The van der Waals surface area contributed by atoms with Crippen LogP contribution in [-0.2, 0) is 13.6 Å². The molecule has 0 aliphatic heterocycles. The van der Waals surface area contributed by atoms with Gasteiger partial charge in [-0.15, -0.1) is 0 Å². The van der Waals surface area contributed by atoms with E-state index < -0.39 is 0 Å². The van der Waals surface area contributed by atoms with Gasteiger partial charge in [0, 0.05) is 23.6 Å². The highest BCUT2D eigenvalue weighted by molar-refractivity contribution is 9.10. The lowest BCUT2D eigenvalue weighted by Gasteiger charge is -2.07. The zero-order valence-corrected chi connectivity index (χ0v) is 13.5. The van der Waals surface area contributed by atoms with Gasteiger partial charge in [-0.1, -0.05) is 28.1 Å². The quantitative estimate of drug-likeness (QED) is 0.790. The van der Waals surface area contributed by atoms with E-state index in [4.69, 9.17) is 15.5 Å². The molecule has 2 aromatic carbocycles. The lowest BCUT2D eigenvalue weighted by atomic mass is 10.2. The van der Waals surface area contributed by atoms with Gasteiger partial charge in [0.05, 0.1) is 18.1 Å². The van der Waals surface area contributed by atoms with Crippen molar-refractivity contribution >= 4 is 27.0 Å². The van der Waals surface area contributed by atoms with Crippen LogP contribution in [0, 0.1) is 0 Å². The Morgan fingerprint density at radius 2 is 2.10 bits per heavy atom. The van der Waals surface area contributed by atoms with Gasteiger partial charge < -0.3 is 15.0 Å².